The molecule has 3 N–H and O–H groups in total. The van der Waals surface area contributed by atoms with Gasteiger partial charge in [-0.1, -0.05) is 11.7 Å². The van der Waals surface area contributed by atoms with Crippen LogP contribution in [0.15, 0.2) is 0 Å². The Morgan fingerprint density at radius 2 is 2.00 bits per heavy atom. The predicted molar refractivity (Wildman–Crippen MR) is 57.1 cm³/mol. The number of aliphatic hydroxyl groups is 2. The average molecular weight is 234 g/mol. The van der Waals surface area contributed by atoms with Crippen LogP contribution in [0.3, 0.4) is 0 Å². The molecule has 0 aromatic rings. The first-order valence-electron chi connectivity index (χ1n) is 5.09. The van der Waals surface area contributed by atoms with Crippen molar-refractivity contribution >= 4 is 21.5 Å². The monoisotopic (exact) mass is 234 g/mol. The maximum absolute atomic E-state index is 10.2. The summed E-state index contributed by atoms with van der Waals surface area (Å²) in [5.41, 5.74) is -1.39. The van der Waals surface area contributed by atoms with E-state index in [9.17, 15) is 4.79 Å². The zero-order valence-electron chi connectivity index (χ0n) is 9.11. The van der Waals surface area contributed by atoms with E-state index in [2.05, 4.69) is 0 Å². The second kappa shape index (κ2) is 8.08. The first-order valence-corrected chi connectivity index (χ1v) is 6.67. The molecule has 1 fully saturated rings. The predicted octanol–water partition coefficient (Wildman–Crippen LogP) is -0.371. The van der Waals surface area contributed by atoms with E-state index in [4.69, 9.17) is 19.1 Å². The molecular weight excluding hydrogens is 215 g/mol. The zero-order valence-corrected chi connectivity index (χ0v) is 10.5. The Balaban J connectivity index is 0.000000280. The number of rotatable bonds is 3. The van der Waals surface area contributed by atoms with Gasteiger partial charge < -0.3 is 19.1 Å². The highest BCUT2D eigenvalue weighted by Gasteiger charge is 2.31. The minimum atomic E-state index is -1.39. The minimum absolute atomic E-state index is 0.00849. The summed E-state index contributed by atoms with van der Waals surface area (Å²) < 4.78 is 5.21. The van der Waals surface area contributed by atoms with Crippen LogP contribution in [0.2, 0.25) is 5.28 Å². The molecule has 0 unspecified atom stereocenters. The molecule has 1 aliphatic heterocycles. The van der Waals surface area contributed by atoms with E-state index in [1.807, 2.05) is 0 Å². The Labute approximate surface area is 96.1 Å². The Morgan fingerprint density at radius 3 is 2.07 bits per heavy atom. The van der Waals surface area contributed by atoms with Crippen LogP contribution in [0, 0.1) is 5.41 Å². The first kappa shape index (κ1) is 14.9. The zero-order chi connectivity index (χ0) is 11.7. The fraction of sp³-hybridized carbons (Fsp3) is 0.889. The van der Waals surface area contributed by atoms with Gasteiger partial charge in [-0.2, -0.15) is 0 Å². The van der Waals surface area contributed by atoms with Gasteiger partial charge in [0.1, 0.15) is 5.41 Å². The summed E-state index contributed by atoms with van der Waals surface area (Å²) in [6, 6.07) is 0. The van der Waals surface area contributed by atoms with Gasteiger partial charge in [0.2, 0.25) is 0 Å². The standard InChI is InChI=1S/C5H10O4.C4H8O.Al.H/c1-5(2-6,3-7)4(8)9;1-2-3-4-5;;/h6-7H,2-3H2,1H3,(H,8,9);1-4H2;;/q;-1;+1;. The Kier molecular flexibility index (Phi) is 8.02. The van der Waals surface area contributed by atoms with E-state index in [0.29, 0.717) is 0 Å². The molecule has 0 radical (unpaired) electrons. The van der Waals surface area contributed by atoms with E-state index in [1.54, 1.807) is 0 Å². The third-order valence-corrected chi connectivity index (χ3v) is 3.66. The van der Waals surface area contributed by atoms with Gasteiger partial charge in [0.15, 0.2) is 0 Å². The molecule has 0 aromatic carbocycles. The molecule has 0 amide bonds. The van der Waals surface area contributed by atoms with Crippen molar-refractivity contribution in [2.45, 2.75) is 25.0 Å². The van der Waals surface area contributed by atoms with Crippen LogP contribution in [0.5, 0.6) is 0 Å². The van der Waals surface area contributed by atoms with Crippen LogP contribution in [-0.4, -0.2) is 56.7 Å². The van der Waals surface area contributed by atoms with Crippen LogP contribution in [-0.2, 0) is 8.58 Å². The Hall–Kier alpha value is -0.118. The van der Waals surface area contributed by atoms with Gasteiger partial charge >= 0.3 is 21.5 Å². The van der Waals surface area contributed by atoms with E-state index in [1.165, 1.54) is 25.0 Å². The number of aliphatic hydroxyl groups excluding tert-OH is 2. The molecular formula is C9H19AlO5. The minimum Gasteiger partial charge on any atom is -0.503 e. The average Bonchev–Trinajstić information content (AvgIpc) is 2.31. The number of carboxylic acid groups (broad SMARTS) is 1. The van der Waals surface area contributed by atoms with Gasteiger partial charge in [-0.15, -0.1) is 0 Å². The normalized spacial score (nSPS) is 15.9. The van der Waals surface area contributed by atoms with Crippen molar-refractivity contribution in [3.8, 4) is 0 Å². The molecule has 0 aliphatic carbocycles. The van der Waals surface area contributed by atoms with Crippen molar-refractivity contribution in [2.24, 2.45) is 5.41 Å². The topological polar surface area (TPSA) is 87.0 Å². The SMILES string of the molecule is C1C[CH2][AlH][O]C1.CC(CO)(CO)C(=O)O. The fourth-order valence-corrected chi connectivity index (χ4v) is 2.04. The maximum atomic E-state index is 10.2. The van der Waals surface area contributed by atoms with Crippen molar-refractivity contribution in [3.05, 3.63) is 0 Å². The molecule has 1 saturated heterocycles. The number of hydrogen-bond acceptors (Lipinski definition) is 4. The lowest BCUT2D eigenvalue weighted by atomic mass is 9.94. The van der Waals surface area contributed by atoms with Crippen LogP contribution in [0.1, 0.15) is 19.8 Å². The van der Waals surface area contributed by atoms with E-state index in [-0.39, 0.29) is 15.6 Å². The van der Waals surface area contributed by atoms with Gasteiger partial charge in [0.25, 0.3) is 0 Å². The highest BCUT2D eigenvalue weighted by molar-refractivity contribution is 6.27. The number of carbonyl (C=O) groups is 1. The summed E-state index contributed by atoms with van der Waals surface area (Å²) in [6.07, 6.45) is 2.75. The molecule has 0 aromatic heterocycles. The third-order valence-electron chi connectivity index (χ3n) is 2.29. The van der Waals surface area contributed by atoms with Crippen LogP contribution < -0.4 is 0 Å². The first-order chi connectivity index (χ1) is 7.06. The molecule has 88 valence electrons. The largest absolute Gasteiger partial charge is 0.503 e. The molecule has 0 spiro atoms. The summed E-state index contributed by atoms with van der Waals surface area (Å²) in [7, 11) is 0. The maximum Gasteiger partial charge on any atom is 0.435 e. The summed E-state index contributed by atoms with van der Waals surface area (Å²) in [5.74, 6) is -1.19. The van der Waals surface area contributed by atoms with Gasteiger partial charge in [-0.25, -0.2) is 0 Å². The number of aliphatic carboxylic acids is 1. The summed E-state index contributed by atoms with van der Waals surface area (Å²) in [5, 5.41) is 26.6. The fourth-order valence-electron chi connectivity index (χ4n) is 0.872. The highest BCUT2D eigenvalue weighted by atomic mass is 27.1. The van der Waals surface area contributed by atoms with Crippen LogP contribution >= 0.6 is 0 Å². The van der Waals surface area contributed by atoms with Crippen molar-refractivity contribution in [1.29, 1.82) is 0 Å². The van der Waals surface area contributed by atoms with Crippen LogP contribution in [0.4, 0.5) is 0 Å². The lowest BCUT2D eigenvalue weighted by Crippen LogP contribution is -2.35. The quantitative estimate of drug-likeness (QED) is 0.580. The van der Waals surface area contributed by atoms with E-state index >= 15 is 0 Å². The lowest BCUT2D eigenvalue weighted by molar-refractivity contribution is -0.152. The van der Waals surface area contributed by atoms with Gasteiger partial charge in [-0.05, 0) is 13.3 Å². The van der Waals surface area contributed by atoms with Crippen LogP contribution in [0.25, 0.3) is 0 Å². The highest BCUT2D eigenvalue weighted by Crippen LogP contribution is 2.12. The van der Waals surface area contributed by atoms with Gasteiger partial charge in [-0.3, -0.25) is 4.79 Å². The Bertz CT molecular complexity index is 166. The molecule has 5 nitrogen and oxygen atoms in total. The summed E-state index contributed by atoms with van der Waals surface area (Å²) in [4.78, 5) is 10.2. The van der Waals surface area contributed by atoms with Gasteiger partial charge in [0.05, 0.1) is 13.2 Å². The van der Waals surface area contributed by atoms with E-state index < -0.39 is 24.6 Å². The molecule has 0 saturated carbocycles. The molecule has 1 heterocycles. The molecule has 0 bridgehead atoms. The van der Waals surface area contributed by atoms with Crippen molar-refractivity contribution in [2.75, 3.05) is 19.8 Å². The second-order valence-electron chi connectivity index (χ2n) is 3.86. The third kappa shape index (κ3) is 6.13. The van der Waals surface area contributed by atoms with Gasteiger partial charge in [0, 0.05) is 6.61 Å². The second-order valence-corrected chi connectivity index (χ2v) is 5.38. The number of hydrogen-bond donors (Lipinski definition) is 3. The smallest absolute Gasteiger partial charge is 0.435 e. The van der Waals surface area contributed by atoms with Crippen molar-refractivity contribution < 1.29 is 23.9 Å². The number of carboxylic acids is 1. The van der Waals surface area contributed by atoms with Crippen molar-refractivity contribution in [3.63, 3.8) is 0 Å². The van der Waals surface area contributed by atoms with Crippen molar-refractivity contribution in [1.82, 2.24) is 0 Å². The van der Waals surface area contributed by atoms with E-state index in [0.717, 1.165) is 6.61 Å². The molecule has 1 rings (SSSR count). The molecule has 0 atom stereocenters. The molecule has 6 heteroatoms. The molecule has 15 heavy (non-hydrogen) atoms. The summed E-state index contributed by atoms with van der Waals surface area (Å²) >= 11 is 0.00849. The summed E-state index contributed by atoms with van der Waals surface area (Å²) in [6.45, 7) is 1.25. The Morgan fingerprint density at radius 1 is 1.40 bits per heavy atom. The molecule has 1 aliphatic rings. The lowest BCUT2D eigenvalue weighted by Gasteiger charge is -2.17.